The lowest BCUT2D eigenvalue weighted by molar-refractivity contribution is -0.114. The second kappa shape index (κ2) is 5.98. The first-order valence-corrected chi connectivity index (χ1v) is 6.84. The summed E-state index contributed by atoms with van der Waals surface area (Å²) < 4.78 is 0.207. The number of amides is 2. The van der Waals surface area contributed by atoms with Crippen molar-refractivity contribution < 1.29 is 9.59 Å². The Labute approximate surface area is 124 Å². The van der Waals surface area contributed by atoms with Crippen molar-refractivity contribution >= 4 is 46.1 Å². The van der Waals surface area contributed by atoms with Crippen LogP contribution in [0.5, 0.6) is 0 Å². The van der Waals surface area contributed by atoms with Crippen molar-refractivity contribution in [2.45, 2.75) is 13.8 Å². The molecule has 0 fully saturated rings. The molecule has 1 heterocycles. The van der Waals surface area contributed by atoms with E-state index in [1.54, 1.807) is 18.2 Å². The van der Waals surface area contributed by atoms with Crippen LogP contribution in [0.15, 0.2) is 18.2 Å². The number of carbonyl (C=O) groups excluding carboxylic acids is 2. The van der Waals surface area contributed by atoms with Crippen LogP contribution in [0, 0.1) is 6.92 Å². The average molecular weight is 311 g/mol. The summed E-state index contributed by atoms with van der Waals surface area (Å²) >= 11 is 6.64. The molecule has 0 saturated carbocycles. The number of hydrogen-bond acceptors (Lipinski definition) is 5. The Morgan fingerprint density at radius 1 is 1.25 bits per heavy atom. The van der Waals surface area contributed by atoms with Gasteiger partial charge in [-0.05, 0) is 36.2 Å². The summed E-state index contributed by atoms with van der Waals surface area (Å²) in [6.45, 7) is 3.27. The summed E-state index contributed by atoms with van der Waals surface area (Å²) in [4.78, 5) is 23.0. The Morgan fingerprint density at radius 3 is 2.60 bits per heavy atom. The number of rotatable bonds is 3. The van der Waals surface area contributed by atoms with Crippen LogP contribution in [0.3, 0.4) is 0 Å². The molecule has 0 aliphatic heterocycles. The highest BCUT2D eigenvalue weighted by Crippen LogP contribution is 2.22. The number of aryl methyl sites for hydroxylation is 1. The number of hydrogen-bond donors (Lipinski definition) is 2. The number of nitrogens with zero attached hydrogens (tertiary/aromatic N) is 2. The van der Waals surface area contributed by atoms with Gasteiger partial charge in [-0.2, -0.15) is 0 Å². The molecule has 0 aliphatic rings. The summed E-state index contributed by atoms with van der Waals surface area (Å²) in [5, 5.41) is 12.8. The fourth-order valence-electron chi connectivity index (χ4n) is 1.51. The highest BCUT2D eigenvalue weighted by Gasteiger charge is 2.13. The van der Waals surface area contributed by atoms with Gasteiger partial charge in [0.25, 0.3) is 5.91 Å². The van der Waals surface area contributed by atoms with Crippen LogP contribution in [-0.2, 0) is 4.79 Å². The molecule has 20 heavy (non-hydrogen) atoms. The third-order valence-electron chi connectivity index (χ3n) is 2.40. The lowest BCUT2D eigenvalue weighted by Crippen LogP contribution is -2.13. The van der Waals surface area contributed by atoms with E-state index in [-0.39, 0.29) is 15.4 Å². The highest BCUT2D eigenvalue weighted by molar-refractivity contribution is 7.17. The Morgan fingerprint density at radius 2 is 2.00 bits per heavy atom. The molecule has 0 spiro atoms. The molecule has 1 aromatic carbocycles. The van der Waals surface area contributed by atoms with Crippen LogP contribution >= 0.6 is 22.9 Å². The molecule has 0 aliphatic carbocycles. The quantitative estimate of drug-likeness (QED) is 0.913. The molecule has 0 atom stereocenters. The lowest BCUT2D eigenvalue weighted by Gasteiger charge is -2.09. The van der Waals surface area contributed by atoms with Gasteiger partial charge >= 0.3 is 0 Å². The van der Waals surface area contributed by atoms with E-state index >= 15 is 0 Å². The van der Waals surface area contributed by atoms with Gasteiger partial charge in [-0.15, -0.1) is 10.2 Å². The molecular weight excluding hydrogens is 300 g/mol. The fourth-order valence-corrected chi connectivity index (χ4v) is 2.23. The first kappa shape index (κ1) is 14.4. The molecular formula is C12H11ClN4O2S. The molecule has 104 valence electrons. The first-order valence-electron chi connectivity index (χ1n) is 5.64. The highest BCUT2D eigenvalue weighted by atomic mass is 35.5. The molecule has 2 aromatic rings. The summed E-state index contributed by atoms with van der Waals surface area (Å²) in [6, 6.07) is 5.24. The Balaban J connectivity index is 2.19. The zero-order chi connectivity index (χ0) is 14.7. The largest absolute Gasteiger partial charge is 0.326 e. The fraction of sp³-hybridized carbons (Fsp3) is 0.167. The lowest BCUT2D eigenvalue weighted by atomic mass is 10.1. The molecule has 6 nitrogen and oxygen atoms in total. The monoisotopic (exact) mass is 310 g/mol. The van der Waals surface area contributed by atoms with Crippen molar-refractivity contribution in [3.8, 4) is 0 Å². The minimum Gasteiger partial charge on any atom is -0.326 e. The third kappa shape index (κ3) is 3.52. The van der Waals surface area contributed by atoms with E-state index in [1.165, 1.54) is 6.92 Å². The van der Waals surface area contributed by atoms with Gasteiger partial charge in [0.2, 0.25) is 15.4 Å². The average Bonchev–Trinajstić information content (AvgIpc) is 2.79. The van der Waals surface area contributed by atoms with Gasteiger partial charge in [-0.25, -0.2) is 0 Å². The van der Waals surface area contributed by atoms with E-state index in [1.807, 2.05) is 6.92 Å². The summed E-state index contributed by atoms with van der Waals surface area (Å²) in [7, 11) is 0. The van der Waals surface area contributed by atoms with Crippen LogP contribution in [0.25, 0.3) is 0 Å². The van der Waals surface area contributed by atoms with Crippen LogP contribution < -0.4 is 10.6 Å². The molecule has 0 bridgehead atoms. The normalized spacial score (nSPS) is 10.2. The number of carbonyl (C=O) groups is 2. The van der Waals surface area contributed by atoms with E-state index in [4.69, 9.17) is 11.6 Å². The smallest absolute Gasteiger partial charge is 0.286 e. The molecule has 2 rings (SSSR count). The van der Waals surface area contributed by atoms with Crippen LogP contribution in [0.2, 0.25) is 4.47 Å². The maximum absolute atomic E-state index is 12.0. The van der Waals surface area contributed by atoms with E-state index < -0.39 is 5.91 Å². The van der Waals surface area contributed by atoms with Crippen LogP contribution in [0.1, 0.15) is 22.3 Å². The van der Waals surface area contributed by atoms with E-state index in [0.717, 1.165) is 16.9 Å². The maximum Gasteiger partial charge on any atom is 0.286 e. The van der Waals surface area contributed by atoms with Crippen LogP contribution in [0.4, 0.5) is 11.4 Å². The van der Waals surface area contributed by atoms with Gasteiger partial charge in [0.15, 0.2) is 0 Å². The number of nitrogens with one attached hydrogen (secondary N) is 2. The Kier molecular flexibility index (Phi) is 4.31. The van der Waals surface area contributed by atoms with Gasteiger partial charge < -0.3 is 10.6 Å². The summed E-state index contributed by atoms with van der Waals surface area (Å²) in [5.74, 6) is -0.570. The Bertz CT molecular complexity index is 671. The van der Waals surface area contributed by atoms with Gasteiger partial charge in [0.1, 0.15) is 0 Å². The summed E-state index contributed by atoms with van der Waals surface area (Å²) in [5.41, 5.74) is 2.06. The number of benzene rings is 1. The zero-order valence-electron chi connectivity index (χ0n) is 10.7. The standard InChI is InChI=1S/C12H11ClN4O2S/c1-6-3-4-8(14-7(2)18)5-9(6)15-10(19)11-16-17-12(13)20-11/h3-5H,1-2H3,(H,14,18)(H,15,19). The minimum atomic E-state index is -0.391. The van der Waals surface area contributed by atoms with E-state index in [2.05, 4.69) is 20.8 Å². The minimum absolute atomic E-state index is 0.179. The predicted molar refractivity (Wildman–Crippen MR) is 78.4 cm³/mol. The predicted octanol–water partition coefficient (Wildman–Crippen LogP) is 2.71. The Hall–Kier alpha value is -1.99. The molecule has 2 amide bonds. The van der Waals surface area contributed by atoms with E-state index in [0.29, 0.717) is 11.4 Å². The van der Waals surface area contributed by atoms with Gasteiger partial charge in [-0.3, -0.25) is 9.59 Å². The topological polar surface area (TPSA) is 84.0 Å². The molecule has 0 unspecified atom stereocenters. The maximum atomic E-state index is 12.0. The van der Waals surface area contributed by atoms with Crippen molar-refractivity contribution in [3.63, 3.8) is 0 Å². The number of aromatic nitrogens is 2. The van der Waals surface area contributed by atoms with Crippen LogP contribution in [-0.4, -0.2) is 22.0 Å². The van der Waals surface area contributed by atoms with Crippen molar-refractivity contribution in [1.82, 2.24) is 10.2 Å². The van der Waals surface area contributed by atoms with Crippen molar-refractivity contribution in [2.24, 2.45) is 0 Å². The molecule has 2 N–H and O–H groups in total. The second-order valence-electron chi connectivity index (χ2n) is 4.03. The van der Waals surface area contributed by atoms with Crippen molar-refractivity contribution in [2.75, 3.05) is 10.6 Å². The van der Waals surface area contributed by atoms with E-state index in [9.17, 15) is 9.59 Å². The SMILES string of the molecule is CC(=O)Nc1ccc(C)c(NC(=O)c2nnc(Cl)s2)c1. The second-order valence-corrected chi connectivity index (χ2v) is 5.58. The third-order valence-corrected chi connectivity index (χ3v) is 3.42. The summed E-state index contributed by atoms with van der Waals surface area (Å²) in [6.07, 6.45) is 0. The first-order chi connectivity index (χ1) is 9.45. The van der Waals surface area contributed by atoms with Gasteiger partial charge in [0, 0.05) is 18.3 Å². The van der Waals surface area contributed by atoms with Crippen molar-refractivity contribution in [3.05, 3.63) is 33.2 Å². The number of halogens is 1. The molecule has 0 saturated heterocycles. The molecule has 0 radical (unpaired) electrons. The van der Waals surface area contributed by atoms with Gasteiger partial charge in [-0.1, -0.05) is 17.4 Å². The van der Waals surface area contributed by atoms with Crippen molar-refractivity contribution in [1.29, 1.82) is 0 Å². The van der Waals surface area contributed by atoms with Gasteiger partial charge in [0.05, 0.1) is 0 Å². The molecule has 1 aromatic heterocycles. The number of anilines is 2. The molecule has 8 heteroatoms. The zero-order valence-corrected chi connectivity index (χ0v) is 12.3.